The molecule has 0 spiro atoms. The van der Waals surface area contributed by atoms with Gasteiger partial charge in [-0.05, 0) is 49.9 Å². The molecule has 0 radical (unpaired) electrons. The van der Waals surface area contributed by atoms with Gasteiger partial charge in [-0.25, -0.2) is 0 Å². The number of carbonyl (C=O) groups is 1. The van der Waals surface area contributed by atoms with E-state index in [0.717, 1.165) is 31.4 Å². The summed E-state index contributed by atoms with van der Waals surface area (Å²) in [6.45, 7) is 0. The fraction of sp³-hybridized carbons (Fsp3) is 0.500. The summed E-state index contributed by atoms with van der Waals surface area (Å²) in [5.74, 6) is 0.207. The lowest BCUT2D eigenvalue weighted by molar-refractivity contribution is -0.121. The van der Waals surface area contributed by atoms with E-state index >= 15 is 0 Å². The number of amides is 1. The number of nitrogens with one attached hydrogen (secondary N) is 1. The third-order valence-corrected chi connectivity index (χ3v) is 3.74. The maximum absolute atomic E-state index is 12.1. The Kier molecular flexibility index (Phi) is 4.61. The molecule has 0 aromatic heterocycles. The SMILES string of the molecule is COC1CCC(C(=O)Nc2ccc(Cl)cc2)CC1. The van der Waals surface area contributed by atoms with E-state index in [-0.39, 0.29) is 11.8 Å². The predicted octanol–water partition coefficient (Wildman–Crippen LogP) is 3.48. The van der Waals surface area contributed by atoms with Gasteiger partial charge in [-0.2, -0.15) is 0 Å². The second-order valence-electron chi connectivity index (χ2n) is 4.71. The molecule has 0 saturated heterocycles. The molecule has 0 aliphatic heterocycles. The van der Waals surface area contributed by atoms with E-state index in [9.17, 15) is 4.79 Å². The van der Waals surface area contributed by atoms with Gasteiger partial charge in [-0.15, -0.1) is 0 Å². The molecule has 4 heteroatoms. The molecule has 3 nitrogen and oxygen atoms in total. The van der Waals surface area contributed by atoms with Crippen LogP contribution in [0.5, 0.6) is 0 Å². The summed E-state index contributed by atoms with van der Waals surface area (Å²) in [4.78, 5) is 12.1. The average Bonchev–Trinajstić information content (AvgIpc) is 2.41. The van der Waals surface area contributed by atoms with Gasteiger partial charge in [0.15, 0.2) is 0 Å². The quantitative estimate of drug-likeness (QED) is 0.910. The van der Waals surface area contributed by atoms with Crippen molar-refractivity contribution in [2.75, 3.05) is 12.4 Å². The maximum atomic E-state index is 12.1. The standard InChI is InChI=1S/C14H18ClNO2/c1-18-13-8-2-10(3-9-13)14(17)16-12-6-4-11(15)5-7-12/h4-7,10,13H,2-3,8-9H2,1H3,(H,16,17). The Morgan fingerprint density at radius 3 is 2.39 bits per heavy atom. The summed E-state index contributed by atoms with van der Waals surface area (Å²) in [7, 11) is 1.73. The molecule has 98 valence electrons. The molecular formula is C14H18ClNO2. The highest BCUT2D eigenvalue weighted by Crippen LogP contribution is 2.27. The Morgan fingerprint density at radius 1 is 1.22 bits per heavy atom. The van der Waals surface area contributed by atoms with Crippen LogP contribution in [0.3, 0.4) is 0 Å². The molecule has 0 atom stereocenters. The van der Waals surface area contributed by atoms with Gasteiger partial charge in [-0.1, -0.05) is 11.6 Å². The highest BCUT2D eigenvalue weighted by atomic mass is 35.5. The van der Waals surface area contributed by atoms with Gasteiger partial charge >= 0.3 is 0 Å². The molecule has 0 heterocycles. The fourth-order valence-electron chi connectivity index (χ4n) is 2.34. The van der Waals surface area contributed by atoms with Gasteiger partial charge in [-0.3, -0.25) is 4.79 Å². The van der Waals surface area contributed by atoms with Crippen LogP contribution >= 0.6 is 11.6 Å². The summed E-state index contributed by atoms with van der Waals surface area (Å²) < 4.78 is 5.30. The molecule has 1 N–H and O–H groups in total. The molecular weight excluding hydrogens is 250 g/mol. The molecule has 0 unspecified atom stereocenters. The Bertz CT molecular complexity index is 397. The Morgan fingerprint density at radius 2 is 1.83 bits per heavy atom. The summed E-state index contributed by atoms with van der Waals surface area (Å²) in [5.41, 5.74) is 0.804. The van der Waals surface area contributed by atoms with Crippen molar-refractivity contribution in [3.63, 3.8) is 0 Å². The van der Waals surface area contributed by atoms with Crippen molar-refractivity contribution in [3.05, 3.63) is 29.3 Å². The fourth-order valence-corrected chi connectivity index (χ4v) is 2.46. The van der Waals surface area contributed by atoms with E-state index in [1.54, 1.807) is 19.2 Å². The van der Waals surface area contributed by atoms with Crippen LogP contribution in [-0.4, -0.2) is 19.1 Å². The number of anilines is 1. The van der Waals surface area contributed by atoms with Crippen LogP contribution in [0.1, 0.15) is 25.7 Å². The van der Waals surface area contributed by atoms with E-state index < -0.39 is 0 Å². The topological polar surface area (TPSA) is 38.3 Å². The lowest BCUT2D eigenvalue weighted by Gasteiger charge is -2.26. The number of hydrogen-bond acceptors (Lipinski definition) is 2. The first-order valence-electron chi connectivity index (χ1n) is 6.28. The summed E-state index contributed by atoms with van der Waals surface area (Å²) in [6.07, 6.45) is 4.06. The van der Waals surface area contributed by atoms with Crippen molar-refractivity contribution in [1.29, 1.82) is 0 Å². The van der Waals surface area contributed by atoms with Crippen LogP contribution in [0.4, 0.5) is 5.69 Å². The number of rotatable bonds is 3. The van der Waals surface area contributed by atoms with E-state index in [0.29, 0.717) is 11.1 Å². The first-order valence-corrected chi connectivity index (χ1v) is 6.66. The Balaban J connectivity index is 1.87. The molecule has 18 heavy (non-hydrogen) atoms. The second-order valence-corrected chi connectivity index (χ2v) is 5.14. The van der Waals surface area contributed by atoms with Crippen molar-refractivity contribution < 1.29 is 9.53 Å². The molecule has 0 bridgehead atoms. The smallest absolute Gasteiger partial charge is 0.227 e. The maximum Gasteiger partial charge on any atom is 0.227 e. The molecule has 1 aromatic carbocycles. The minimum atomic E-state index is 0.104. The predicted molar refractivity (Wildman–Crippen MR) is 72.8 cm³/mol. The molecule has 2 rings (SSSR count). The molecule has 1 saturated carbocycles. The Labute approximate surface area is 112 Å². The van der Waals surface area contributed by atoms with Crippen molar-refractivity contribution in [2.24, 2.45) is 5.92 Å². The number of hydrogen-bond donors (Lipinski definition) is 1. The lowest BCUT2D eigenvalue weighted by atomic mass is 9.87. The zero-order valence-electron chi connectivity index (χ0n) is 10.5. The monoisotopic (exact) mass is 267 g/mol. The zero-order chi connectivity index (χ0) is 13.0. The highest BCUT2D eigenvalue weighted by Gasteiger charge is 2.26. The van der Waals surface area contributed by atoms with Gasteiger partial charge in [0, 0.05) is 23.7 Å². The van der Waals surface area contributed by atoms with Crippen LogP contribution in [0, 0.1) is 5.92 Å². The first-order chi connectivity index (χ1) is 8.69. The van der Waals surface area contributed by atoms with Crippen molar-refractivity contribution in [3.8, 4) is 0 Å². The third kappa shape index (κ3) is 3.47. The second kappa shape index (κ2) is 6.21. The highest BCUT2D eigenvalue weighted by molar-refractivity contribution is 6.30. The number of halogens is 1. The van der Waals surface area contributed by atoms with Crippen LogP contribution in [0.15, 0.2) is 24.3 Å². The first kappa shape index (κ1) is 13.4. The van der Waals surface area contributed by atoms with Gasteiger partial charge in [0.2, 0.25) is 5.91 Å². The van der Waals surface area contributed by atoms with Crippen molar-refractivity contribution in [1.82, 2.24) is 0 Å². The van der Waals surface area contributed by atoms with Crippen LogP contribution < -0.4 is 5.32 Å². The molecule has 1 aromatic rings. The number of benzene rings is 1. The van der Waals surface area contributed by atoms with E-state index in [1.807, 2.05) is 12.1 Å². The normalized spacial score (nSPS) is 23.7. The summed E-state index contributed by atoms with van der Waals surface area (Å²) >= 11 is 5.80. The minimum absolute atomic E-state index is 0.104. The Hall–Kier alpha value is -1.06. The van der Waals surface area contributed by atoms with E-state index in [2.05, 4.69) is 5.32 Å². The average molecular weight is 268 g/mol. The van der Waals surface area contributed by atoms with Crippen molar-refractivity contribution in [2.45, 2.75) is 31.8 Å². The van der Waals surface area contributed by atoms with Gasteiger partial charge in [0.05, 0.1) is 6.10 Å². The molecule has 1 fully saturated rings. The van der Waals surface area contributed by atoms with Gasteiger partial charge in [0.1, 0.15) is 0 Å². The van der Waals surface area contributed by atoms with E-state index in [1.165, 1.54) is 0 Å². The number of ether oxygens (including phenoxy) is 1. The number of methoxy groups -OCH3 is 1. The zero-order valence-corrected chi connectivity index (χ0v) is 11.2. The summed E-state index contributed by atoms with van der Waals surface area (Å²) in [5, 5.41) is 3.61. The summed E-state index contributed by atoms with van der Waals surface area (Å²) in [6, 6.07) is 7.19. The lowest BCUT2D eigenvalue weighted by Crippen LogP contribution is -2.29. The molecule has 1 aliphatic rings. The van der Waals surface area contributed by atoms with E-state index in [4.69, 9.17) is 16.3 Å². The number of carbonyl (C=O) groups excluding carboxylic acids is 1. The van der Waals surface area contributed by atoms with Crippen LogP contribution in [0.2, 0.25) is 5.02 Å². The van der Waals surface area contributed by atoms with Gasteiger partial charge in [0.25, 0.3) is 0 Å². The van der Waals surface area contributed by atoms with Gasteiger partial charge < -0.3 is 10.1 Å². The largest absolute Gasteiger partial charge is 0.381 e. The van der Waals surface area contributed by atoms with Crippen LogP contribution in [-0.2, 0) is 9.53 Å². The molecule has 1 amide bonds. The molecule has 1 aliphatic carbocycles. The minimum Gasteiger partial charge on any atom is -0.381 e. The third-order valence-electron chi connectivity index (χ3n) is 3.49. The van der Waals surface area contributed by atoms with Crippen LogP contribution in [0.25, 0.3) is 0 Å². The van der Waals surface area contributed by atoms with Crippen molar-refractivity contribution >= 4 is 23.2 Å².